The Morgan fingerprint density at radius 2 is 0.454 bits per heavy atom. The zero-order valence-corrected chi connectivity index (χ0v) is 72.3. The van der Waals surface area contributed by atoms with Crippen LogP contribution in [0.15, 0.2) is 18.2 Å². The first-order valence-corrected chi connectivity index (χ1v) is 45.1. The van der Waals surface area contributed by atoms with Crippen LogP contribution in [0.4, 0.5) is 0 Å². The largest absolute Gasteiger partial charge is 0.462 e. The van der Waals surface area contributed by atoms with Crippen molar-refractivity contribution in [1.82, 2.24) is 29.4 Å². The van der Waals surface area contributed by atoms with Crippen LogP contribution in [0.1, 0.15) is 414 Å². The van der Waals surface area contributed by atoms with Crippen LogP contribution in [0.2, 0.25) is 0 Å². The molecule has 0 radical (unpaired) electrons. The molecule has 1 aromatic carbocycles. The molecule has 0 bridgehead atoms. The number of ether oxygens (including phenoxy) is 4. The number of amides is 3. The molecule has 4 atom stereocenters. The van der Waals surface area contributed by atoms with E-state index in [-0.39, 0.29) is 66.0 Å². The van der Waals surface area contributed by atoms with E-state index < -0.39 is 0 Å². The number of carbonyl (C=O) groups is 7. The maximum absolute atomic E-state index is 14.6. The van der Waals surface area contributed by atoms with Crippen molar-refractivity contribution in [2.24, 2.45) is 0 Å². The first-order valence-electron chi connectivity index (χ1n) is 45.1. The van der Waals surface area contributed by atoms with Crippen molar-refractivity contribution in [2.75, 3.05) is 101 Å². The van der Waals surface area contributed by atoms with Crippen molar-refractivity contribution < 1.29 is 52.5 Å². The van der Waals surface area contributed by atoms with E-state index in [0.29, 0.717) is 62.0 Å². The fourth-order valence-corrected chi connectivity index (χ4v) is 14.4. The van der Waals surface area contributed by atoms with Crippen molar-refractivity contribution in [3.05, 3.63) is 34.9 Å². The molecule has 0 heterocycles. The molecule has 0 N–H and O–H groups in total. The van der Waals surface area contributed by atoms with Gasteiger partial charge in [-0.1, -0.05) is 209 Å². The zero-order valence-electron chi connectivity index (χ0n) is 72.3. The van der Waals surface area contributed by atoms with Gasteiger partial charge in [0.05, 0.1) is 0 Å². The van der Waals surface area contributed by atoms with Crippen LogP contribution in [0.3, 0.4) is 0 Å². The maximum atomic E-state index is 14.6. The standard InChI is InChI=1S/C91H168N6O11/c1-14-22-42-57-81(18-5)105-85(98)61-46-34-26-30-38-50-69-96(70-51-39-31-27-35-47-62-86(99)106-82(19-6)58-43-23-15-2)73-55-67-94(12)90(103)79-75-78(89(102)93(11)66-54-65-92(9)10)76-80(77-79)91(104)95(13)68-56-74-97(71-52-40-32-28-36-48-63-87(100)107-83(20-7)59-44-24-16-3)72-53-41-33-29-37-49-64-88(101)108-84(21-8)60-45-25-17-4/h75-77,81-84H,14-74H2,1-13H3. The van der Waals surface area contributed by atoms with E-state index in [1.807, 2.05) is 28.2 Å². The van der Waals surface area contributed by atoms with Gasteiger partial charge < -0.3 is 48.3 Å². The van der Waals surface area contributed by atoms with Gasteiger partial charge in [0.15, 0.2) is 0 Å². The number of nitrogens with zero attached hydrogens (tertiary/aromatic N) is 6. The Morgan fingerprint density at radius 1 is 0.250 bits per heavy atom. The van der Waals surface area contributed by atoms with Gasteiger partial charge in [0.2, 0.25) is 0 Å². The highest BCUT2D eigenvalue weighted by molar-refractivity contribution is 6.04. The Bertz CT molecular complexity index is 2170. The minimum Gasteiger partial charge on any atom is -0.462 e. The number of carbonyl (C=O) groups excluding carboxylic acids is 7. The van der Waals surface area contributed by atoms with Gasteiger partial charge in [0, 0.05) is 83.2 Å². The van der Waals surface area contributed by atoms with Gasteiger partial charge in [0.25, 0.3) is 17.7 Å². The number of esters is 4. The number of unbranched alkanes of at least 4 members (excludes halogenated alkanes) is 28. The third-order valence-corrected chi connectivity index (χ3v) is 21.7. The minimum atomic E-state index is -0.220. The van der Waals surface area contributed by atoms with Crippen molar-refractivity contribution in [3.63, 3.8) is 0 Å². The molecule has 0 aromatic heterocycles. The van der Waals surface area contributed by atoms with Gasteiger partial charge in [-0.2, -0.15) is 0 Å². The monoisotopic (exact) mass is 1520 g/mol. The Labute approximate surface area is 663 Å². The molecule has 108 heavy (non-hydrogen) atoms. The minimum absolute atomic E-state index is 0.0381. The van der Waals surface area contributed by atoms with Crippen LogP contribution in [-0.4, -0.2) is 196 Å². The summed E-state index contributed by atoms with van der Waals surface area (Å²) < 4.78 is 23.3. The summed E-state index contributed by atoms with van der Waals surface area (Å²) in [6.07, 6.45) is 50.8. The highest BCUT2D eigenvalue weighted by atomic mass is 16.6. The molecule has 0 saturated carbocycles. The fraction of sp³-hybridized carbons (Fsp3) is 0.857. The normalized spacial score (nSPS) is 12.7. The fourth-order valence-electron chi connectivity index (χ4n) is 14.4. The van der Waals surface area contributed by atoms with E-state index in [0.717, 1.165) is 322 Å². The summed E-state index contributed by atoms with van der Waals surface area (Å²) in [5.41, 5.74) is 0.999. The van der Waals surface area contributed by atoms with Crippen molar-refractivity contribution >= 4 is 41.6 Å². The number of hydrogen-bond donors (Lipinski definition) is 0. The molecule has 0 aliphatic rings. The summed E-state index contributed by atoms with van der Waals surface area (Å²) in [5, 5.41) is 0. The molecule has 1 aromatic rings. The van der Waals surface area contributed by atoms with Crippen molar-refractivity contribution in [2.45, 2.75) is 407 Å². The van der Waals surface area contributed by atoms with Crippen molar-refractivity contribution in [3.8, 4) is 0 Å². The van der Waals surface area contributed by atoms with E-state index in [1.165, 1.54) is 25.7 Å². The highest BCUT2D eigenvalue weighted by Gasteiger charge is 2.24. The number of rotatable bonds is 75. The summed E-state index contributed by atoms with van der Waals surface area (Å²) in [6.45, 7) is 25.2. The molecule has 628 valence electrons. The van der Waals surface area contributed by atoms with Gasteiger partial charge in [0.1, 0.15) is 24.4 Å². The van der Waals surface area contributed by atoms with Crippen LogP contribution in [-0.2, 0) is 38.1 Å². The molecule has 0 aliphatic carbocycles. The van der Waals surface area contributed by atoms with E-state index in [2.05, 4.69) is 70.1 Å². The van der Waals surface area contributed by atoms with Crippen LogP contribution >= 0.6 is 0 Å². The van der Waals surface area contributed by atoms with E-state index >= 15 is 0 Å². The van der Waals surface area contributed by atoms with Gasteiger partial charge in [-0.15, -0.1) is 0 Å². The van der Waals surface area contributed by atoms with Gasteiger partial charge in [-0.05, 0) is 226 Å². The molecule has 0 saturated heterocycles. The summed E-state index contributed by atoms with van der Waals surface area (Å²) >= 11 is 0. The lowest BCUT2D eigenvalue weighted by Crippen LogP contribution is -2.34. The smallest absolute Gasteiger partial charge is 0.306 e. The quantitative estimate of drug-likeness (QED) is 0.0342. The van der Waals surface area contributed by atoms with Gasteiger partial charge in [-0.3, -0.25) is 33.6 Å². The molecule has 0 aliphatic heterocycles. The zero-order chi connectivity index (χ0) is 79.6. The Kier molecular flexibility index (Phi) is 64.9. The molecular formula is C91H168N6O11. The second-order valence-electron chi connectivity index (χ2n) is 32.1. The molecule has 0 spiro atoms. The Balaban J connectivity index is 3.18. The predicted octanol–water partition coefficient (Wildman–Crippen LogP) is 21.8. The predicted molar refractivity (Wildman–Crippen MR) is 449 cm³/mol. The van der Waals surface area contributed by atoms with Crippen LogP contribution < -0.4 is 0 Å². The summed E-state index contributed by atoms with van der Waals surface area (Å²) in [5.74, 6) is -0.878. The second-order valence-corrected chi connectivity index (χ2v) is 32.1. The third kappa shape index (κ3) is 54.1. The molecule has 3 amide bonds. The average Bonchev–Trinajstić information content (AvgIpc) is 0.810. The number of benzene rings is 1. The molecule has 17 nitrogen and oxygen atoms in total. The first kappa shape index (κ1) is 101. The van der Waals surface area contributed by atoms with Crippen LogP contribution in [0.25, 0.3) is 0 Å². The Morgan fingerprint density at radius 3 is 0.667 bits per heavy atom. The highest BCUT2D eigenvalue weighted by Crippen LogP contribution is 2.22. The molecular weight excluding hydrogens is 1350 g/mol. The number of hydrogen-bond acceptors (Lipinski definition) is 14. The molecule has 1 rings (SSSR count). The summed E-state index contributed by atoms with van der Waals surface area (Å²) in [4.78, 5) is 107. The summed E-state index contributed by atoms with van der Waals surface area (Å²) in [7, 11) is 9.49. The second kappa shape index (κ2) is 69.1. The maximum Gasteiger partial charge on any atom is 0.306 e. The summed E-state index contributed by atoms with van der Waals surface area (Å²) in [6, 6.07) is 5.05. The third-order valence-electron chi connectivity index (χ3n) is 21.7. The van der Waals surface area contributed by atoms with E-state index in [1.54, 1.807) is 39.9 Å². The lowest BCUT2D eigenvalue weighted by Gasteiger charge is -2.25. The topological polar surface area (TPSA) is 176 Å². The Hall–Kier alpha value is -4.61. The van der Waals surface area contributed by atoms with Gasteiger partial charge >= 0.3 is 23.9 Å². The van der Waals surface area contributed by atoms with E-state index in [4.69, 9.17) is 18.9 Å². The SMILES string of the molecule is CCCCCC(CC)OC(=O)CCCCCCCCN(CCCCCCCCC(=O)OC(CC)CCCCC)CCCN(C)C(=O)c1cc(C(=O)N(C)CCCN(C)C)cc(C(=O)N(C)CCCN(CCCCCCCCC(=O)OC(CC)CCCCC)CCCCCCCCC(=O)OC(CC)CCCCC)c1. The van der Waals surface area contributed by atoms with Gasteiger partial charge in [-0.25, -0.2) is 0 Å². The molecule has 4 unspecified atom stereocenters. The molecule has 0 fully saturated rings. The van der Waals surface area contributed by atoms with Crippen LogP contribution in [0.5, 0.6) is 0 Å². The lowest BCUT2D eigenvalue weighted by atomic mass is 10.0. The first-order chi connectivity index (χ1) is 52.3. The molecule has 17 heteroatoms. The average molecular weight is 1520 g/mol. The van der Waals surface area contributed by atoms with Crippen molar-refractivity contribution in [1.29, 1.82) is 0 Å². The van der Waals surface area contributed by atoms with E-state index in [9.17, 15) is 33.6 Å². The lowest BCUT2D eigenvalue weighted by molar-refractivity contribution is -0.150. The van der Waals surface area contributed by atoms with Crippen LogP contribution in [0, 0.1) is 0 Å².